The third kappa shape index (κ3) is 3.14. The maximum atomic E-state index is 13.4. The van der Waals surface area contributed by atoms with Crippen molar-refractivity contribution in [1.82, 2.24) is 4.98 Å². The fourth-order valence-electron chi connectivity index (χ4n) is 2.18. The molecule has 0 saturated carbocycles. The number of hydrogen-bond acceptors (Lipinski definition) is 2. The van der Waals surface area contributed by atoms with Gasteiger partial charge in [-0.1, -0.05) is 42.5 Å². The van der Waals surface area contributed by atoms with Crippen LogP contribution in [0.3, 0.4) is 0 Å². The van der Waals surface area contributed by atoms with Gasteiger partial charge in [-0.15, -0.1) is 11.8 Å². The second-order valence-electron chi connectivity index (χ2n) is 4.65. The van der Waals surface area contributed by atoms with Crippen LogP contribution in [0.2, 0.25) is 0 Å². The Morgan fingerprint density at radius 1 is 0.810 bits per heavy atom. The molecule has 21 heavy (non-hydrogen) atoms. The second kappa shape index (κ2) is 6.10. The Balaban J connectivity index is 2.14. The lowest BCUT2D eigenvalue weighted by Gasteiger charge is -2.08. The molecule has 0 N–H and O–H groups in total. The fraction of sp³-hybridized carbons (Fsp3) is 0.0556. The van der Waals surface area contributed by atoms with Crippen LogP contribution in [0.25, 0.3) is 22.5 Å². The molecule has 0 radical (unpaired) electrons. The van der Waals surface area contributed by atoms with Gasteiger partial charge in [0.15, 0.2) is 0 Å². The van der Waals surface area contributed by atoms with E-state index < -0.39 is 0 Å². The molecule has 2 aromatic carbocycles. The topological polar surface area (TPSA) is 12.9 Å². The summed E-state index contributed by atoms with van der Waals surface area (Å²) in [6, 6.07) is 20.6. The highest BCUT2D eigenvalue weighted by Crippen LogP contribution is 2.28. The molecule has 0 atom stereocenters. The van der Waals surface area contributed by atoms with Crippen molar-refractivity contribution in [3.05, 3.63) is 72.5 Å². The Morgan fingerprint density at radius 2 is 1.48 bits per heavy atom. The summed E-state index contributed by atoms with van der Waals surface area (Å²) in [6.07, 6.45) is 2.03. The van der Waals surface area contributed by atoms with Crippen molar-refractivity contribution >= 4 is 11.8 Å². The van der Waals surface area contributed by atoms with E-state index in [2.05, 4.69) is 11.1 Å². The van der Waals surface area contributed by atoms with Crippen LogP contribution in [0.5, 0.6) is 0 Å². The molecule has 1 heterocycles. The van der Waals surface area contributed by atoms with Gasteiger partial charge in [0.05, 0.1) is 11.4 Å². The molecular formula is C18H14FNS. The molecule has 3 aromatic rings. The molecule has 0 spiro atoms. The van der Waals surface area contributed by atoms with Gasteiger partial charge in [-0.2, -0.15) is 0 Å². The van der Waals surface area contributed by atoms with Gasteiger partial charge in [0.1, 0.15) is 5.82 Å². The molecule has 3 rings (SSSR count). The zero-order chi connectivity index (χ0) is 14.7. The lowest BCUT2D eigenvalue weighted by Crippen LogP contribution is -1.90. The zero-order valence-electron chi connectivity index (χ0n) is 11.6. The smallest absolute Gasteiger partial charge is 0.123 e. The summed E-state index contributed by atoms with van der Waals surface area (Å²) in [7, 11) is 0. The van der Waals surface area contributed by atoms with Crippen molar-refractivity contribution in [2.24, 2.45) is 0 Å². The van der Waals surface area contributed by atoms with Gasteiger partial charge in [-0.05, 0) is 30.5 Å². The predicted molar refractivity (Wildman–Crippen MR) is 86.8 cm³/mol. The van der Waals surface area contributed by atoms with Crippen LogP contribution in [0.15, 0.2) is 71.6 Å². The molecule has 0 amide bonds. The van der Waals surface area contributed by atoms with E-state index in [1.165, 1.54) is 12.1 Å². The van der Waals surface area contributed by atoms with Crippen LogP contribution in [0, 0.1) is 5.82 Å². The SMILES string of the molecule is CSc1cc(-c2ccccc2)nc(-c2cccc(F)c2)c1. The van der Waals surface area contributed by atoms with E-state index in [4.69, 9.17) is 0 Å². The number of nitrogens with zero attached hydrogens (tertiary/aromatic N) is 1. The quantitative estimate of drug-likeness (QED) is 0.610. The number of halogens is 1. The number of hydrogen-bond donors (Lipinski definition) is 0. The molecular weight excluding hydrogens is 281 g/mol. The van der Waals surface area contributed by atoms with Crippen molar-refractivity contribution in [3.63, 3.8) is 0 Å². The van der Waals surface area contributed by atoms with Gasteiger partial charge in [-0.25, -0.2) is 9.37 Å². The minimum Gasteiger partial charge on any atom is -0.248 e. The van der Waals surface area contributed by atoms with Gasteiger partial charge in [0, 0.05) is 16.0 Å². The van der Waals surface area contributed by atoms with Crippen molar-refractivity contribution < 1.29 is 4.39 Å². The molecule has 0 bridgehead atoms. The summed E-state index contributed by atoms with van der Waals surface area (Å²) in [5, 5.41) is 0. The van der Waals surface area contributed by atoms with Crippen molar-refractivity contribution in [2.45, 2.75) is 4.90 Å². The van der Waals surface area contributed by atoms with Crippen molar-refractivity contribution in [2.75, 3.05) is 6.26 Å². The van der Waals surface area contributed by atoms with E-state index in [1.54, 1.807) is 17.8 Å². The van der Waals surface area contributed by atoms with Crippen LogP contribution in [0.4, 0.5) is 4.39 Å². The normalized spacial score (nSPS) is 10.6. The lowest BCUT2D eigenvalue weighted by atomic mass is 10.1. The minimum absolute atomic E-state index is 0.245. The van der Waals surface area contributed by atoms with E-state index in [0.717, 1.165) is 27.4 Å². The highest BCUT2D eigenvalue weighted by Gasteiger charge is 2.07. The van der Waals surface area contributed by atoms with Gasteiger partial charge in [-0.3, -0.25) is 0 Å². The van der Waals surface area contributed by atoms with Crippen LogP contribution in [0.1, 0.15) is 0 Å². The summed E-state index contributed by atoms with van der Waals surface area (Å²) in [4.78, 5) is 5.80. The summed E-state index contributed by atoms with van der Waals surface area (Å²) in [6.45, 7) is 0. The summed E-state index contributed by atoms with van der Waals surface area (Å²) in [5.74, 6) is -0.245. The zero-order valence-corrected chi connectivity index (χ0v) is 12.4. The first-order valence-corrected chi connectivity index (χ1v) is 7.86. The van der Waals surface area contributed by atoms with Gasteiger partial charge >= 0.3 is 0 Å². The first-order valence-electron chi connectivity index (χ1n) is 6.64. The molecule has 3 heteroatoms. The summed E-state index contributed by atoms with van der Waals surface area (Å²) in [5.41, 5.74) is 3.55. The van der Waals surface area contributed by atoms with Crippen molar-refractivity contribution in [1.29, 1.82) is 0 Å². The molecule has 0 unspecified atom stereocenters. The molecule has 1 aromatic heterocycles. The summed E-state index contributed by atoms with van der Waals surface area (Å²) >= 11 is 1.66. The largest absolute Gasteiger partial charge is 0.248 e. The van der Waals surface area contributed by atoms with Gasteiger partial charge < -0.3 is 0 Å². The highest BCUT2D eigenvalue weighted by molar-refractivity contribution is 7.98. The standard InChI is InChI=1S/C18H14FNS/c1-21-16-11-17(13-6-3-2-4-7-13)20-18(12-16)14-8-5-9-15(19)10-14/h2-12H,1H3. The third-order valence-electron chi connectivity index (χ3n) is 3.22. The lowest BCUT2D eigenvalue weighted by molar-refractivity contribution is 0.628. The van der Waals surface area contributed by atoms with Crippen LogP contribution < -0.4 is 0 Å². The average molecular weight is 295 g/mol. The van der Waals surface area contributed by atoms with Crippen LogP contribution in [-0.4, -0.2) is 11.2 Å². The van der Waals surface area contributed by atoms with Crippen molar-refractivity contribution in [3.8, 4) is 22.5 Å². The molecule has 104 valence electrons. The Morgan fingerprint density at radius 3 is 2.14 bits per heavy atom. The number of pyridine rings is 1. The predicted octanol–water partition coefficient (Wildman–Crippen LogP) is 5.28. The number of thioether (sulfide) groups is 1. The molecule has 0 saturated heterocycles. The number of benzene rings is 2. The van der Waals surface area contributed by atoms with E-state index in [0.29, 0.717) is 0 Å². The third-order valence-corrected chi connectivity index (χ3v) is 3.93. The Labute approximate surface area is 127 Å². The number of aromatic nitrogens is 1. The van der Waals surface area contributed by atoms with Crippen LogP contribution in [-0.2, 0) is 0 Å². The monoisotopic (exact) mass is 295 g/mol. The molecule has 0 fully saturated rings. The molecule has 1 nitrogen and oxygen atoms in total. The van der Waals surface area contributed by atoms with E-state index >= 15 is 0 Å². The average Bonchev–Trinajstić information content (AvgIpc) is 2.55. The van der Waals surface area contributed by atoms with Crippen LogP contribution >= 0.6 is 11.8 Å². The van der Waals surface area contributed by atoms with Gasteiger partial charge in [0.25, 0.3) is 0 Å². The maximum absolute atomic E-state index is 13.4. The Bertz CT molecular complexity index is 756. The molecule has 0 aliphatic carbocycles. The Hall–Kier alpha value is -2.13. The Kier molecular flexibility index (Phi) is 4.02. The maximum Gasteiger partial charge on any atom is 0.123 e. The fourth-order valence-corrected chi connectivity index (χ4v) is 2.63. The first kappa shape index (κ1) is 13.8. The highest BCUT2D eigenvalue weighted by atomic mass is 32.2. The summed E-state index contributed by atoms with van der Waals surface area (Å²) < 4.78 is 13.4. The minimum atomic E-state index is -0.245. The van der Waals surface area contributed by atoms with E-state index in [9.17, 15) is 4.39 Å². The molecule has 0 aliphatic heterocycles. The van der Waals surface area contributed by atoms with E-state index in [-0.39, 0.29) is 5.82 Å². The first-order chi connectivity index (χ1) is 10.3. The number of rotatable bonds is 3. The van der Waals surface area contributed by atoms with E-state index in [1.807, 2.05) is 48.7 Å². The molecule has 0 aliphatic rings. The second-order valence-corrected chi connectivity index (χ2v) is 5.53. The van der Waals surface area contributed by atoms with Gasteiger partial charge in [0.2, 0.25) is 0 Å².